The standard InChI is InChI=1S/C26H37N3O4S/c1-8-22(25(31)27-26(4,5)6)28(17-21-15-11-9-13-19(21)2)24(30)18-29(34(7,32)33)23-16-12-10-14-20(23)3/h9-16,22H,8,17-18H2,1-7H3,(H,27,31)/t22-/m1/s1. The number of carbonyl (C=O) groups is 2. The van der Waals surface area contributed by atoms with E-state index in [0.29, 0.717) is 12.1 Å². The van der Waals surface area contributed by atoms with Crippen LogP contribution >= 0.6 is 0 Å². The number of rotatable bonds is 9. The summed E-state index contributed by atoms with van der Waals surface area (Å²) in [5, 5.41) is 2.97. The van der Waals surface area contributed by atoms with Crippen LogP contribution in [-0.4, -0.2) is 49.5 Å². The van der Waals surface area contributed by atoms with Crippen molar-refractivity contribution in [1.82, 2.24) is 10.2 Å². The Labute approximate surface area is 204 Å². The van der Waals surface area contributed by atoms with E-state index in [1.165, 1.54) is 4.90 Å². The van der Waals surface area contributed by atoms with Gasteiger partial charge in [0.1, 0.15) is 12.6 Å². The first kappa shape index (κ1) is 27.4. The van der Waals surface area contributed by atoms with Crippen LogP contribution in [0.3, 0.4) is 0 Å². The molecule has 2 amide bonds. The van der Waals surface area contributed by atoms with Gasteiger partial charge in [0.2, 0.25) is 21.8 Å². The van der Waals surface area contributed by atoms with Gasteiger partial charge in [-0.2, -0.15) is 0 Å². The van der Waals surface area contributed by atoms with Crippen LogP contribution in [0.1, 0.15) is 50.8 Å². The molecule has 0 aliphatic rings. The van der Waals surface area contributed by atoms with E-state index < -0.39 is 34.1 Å². The minimum Gasteiger partial charge on any atom is -0.350 e. The van der Waals surface area contributed by atoms with Gasteiger partial charge in [0.25, 0.3) is 0 Å². The Morgan fingerprint density at radius 1 is 0.971 bits per heavy atom. The highest BCUT2D eigenvalue weighted by Gasteiger charge is 2.33. The van der Waals surface area contributed by atoms with Crippen molar-refractivity contribution in [1.29, 1.82) is 0 Å². The Balaban J connectivity index is 2.49. The Morgan fingerprint density at radius 3 is 2.03 bits per heavy atom. The molecule has 0 aliphatic heterocycles. The lowest BCUT2D eigenvalue weighted by Crippen LogP contribution is -2.55. The highest BCUT2D eigenvalue weighted by Crippen LogP contribution is 2.23. The number of hydrogen-bond acceptors (Lipinski definition) is 4. The van der Waals surface area contributed by atoms with Gasteiger partial charge >= 0.3 is 0 Å². The molecule has 0 saturated carbocycles. The summed E-state index contributed by atoms with van der Waals surface area (Å²) in [5.41, 5.74) is 2.61. The lowest BCUT2D eigenvalue weighted by Gasteiger charge is -2.35. The van der Waals surface area contributed by atoms with Gasteiger partial charge in [-0.15, -0.1) is 0 Å². The van der Waals surface area contributed by atoms with Crippen LogP contribution in [0.2, 0.25) is 0 Å². The SMILES string of the molecule is CC[C@H](C(=O)NC(C)(C)C)N(Cc1ccccc1C)C(=O)CN(c1ccccc1C)S(C)(=O)=O. The zero-order chi connectivity index (χ0) is 25.7. The van der Waals surface area contributed by atoms with Crippen LogP contribution < -0.4 is 9.62 Å². The van der Waals surface area contributed by atoms with Crippen molar-refractivity contribution < 1.29 is 18.0 Å². The molecule has 1 atom stereocenters. The number of hydrogen-bond donors (Lipinski definition) is 1. The number of nitrogens with one attached hydrogen (secondary N) is 1. The van der Waals surface area contributed by atoms with Crippen LogP contribution in [0, 0.1) is 13.8 Å². The summed E-state index contributed by atoms with van der Waals surface area (Å²) in [5.74, 6) is -0.702. The molecule has 34 heavy (non-hydrogen) atoms. The lowest BCUT2D eigenvalue weighted by atomic mass is 10.0. The van der Waals surface area contributed by atoms with Gasteiger partial charge in [0, 0.05) is 12.1 Å². The molecule has 0 fully saturated rings. The topological polar surface area (TPSA) is 86.8 Å². The van der Waals surface area contributed by atoms with Crippen molar-refractivity contribution in [2.75, 3.05) is 17.1 Å². The number of carbonyl (C=O) groups excluding carboxylic acids is 2. The van der Waals surface area contributed by atoms with Crippen molar-refractivity contribution in [2.24, 2.45) is 0 Å². The molecule has 0 bridgehead atoms. The van der Waals surface area contributed by atoms with E-state index in [0.717, 1.165) is 27.3 Å². The van der Waals surface area contributed by atoms with Crippen molar-refractivity contribution in [2.45, 2.75) is 66.1 Å². The smallest absolute Gasteiger partial charge is 0.244 e. The maximum atomic E-state index is 13.7. The largest absolute Gasteiger partial charge is 0.350 e. The van der Waals surface area contributed by atoms with E-state index in [2.05, 4.69) is 5.32 Å². The summed E-state index contributed by atoms with van der Waals surface area (Å²) < 4.78 is 26.5. The molecule has 0 heterocycles. The number of nitrogens with zero attached hydrogens (tertiary/aromatic N) is 2. The van der Waals surface area contributed by atoms with Gasteiger partial charge in [-0.1, -0.05) is 49.4 Å². The normalized spacial score (nSPS) is 12.7. The van der Waals surface area contributed by atoms with Gasteiger partial charge in [-0.05, 0) is 63.8 Å². The maximum Gasteiger partial charge on any atom is 0.244 e. The molecule has 7 nitrogen and oxygen atoms in total. The van der Waals surface area contributed by atoms with Gasteiger partial charge < -0.3 is 10.2 Å². The third-order valence-electron chi connectivity index (χ3n) is 5.55. The number of benzene rings is 2. The Morgan fingerprint density at radius 2 is 1.53 bits per heavy atom. The summed E-state index contributed by atoms with van der Waals surface area (Å²) in [7, 11) is -3.75. The van der Waals surface area contributed by atoms with Gasteiger partial charge in [-0.25, -0.2) is 8.42 Å². The fourth-order valence-corrected chi connectivity index (χ4v) is 4.69. The first-order valence-corrected chi connectivity index (χ1v) is 13.3. The Kier molecular flexibility index (Phi) is 8.89. The number of anilines is 1. The fraction of sp³-hybridized carbons (Fsp3) is 0.462. The molecule has 2 aromatic rings. The molecule has 0 aromatic heterocycles. The molecule has 0 unspecified atom stereocenters. The van der Waals surface area contributed by atoms with Gasteiger partial charge in [0.05, 0.1) is 11.9 Å². The lowest BCUT2D eigenvalue weighted by molar-refractivity contribution is -0.141. The summed E-state index contributed by atoms with van der Waals surface area (Å²) in [4.78, 5) is 28.4. The maximum absolute atomic E-state index is 13.7. The monoisotopic (exact) mass is 487 g/mol. The quantitative estimate of drug-likeness (QED) is 0.583. The highest BCUT2D eigenvalue weighted by atomic mass is 32.2. The Hall–Kier alpha value is -2.87. The first-order valence-electron chi connectivity index (χ1n) is 11.4. The van der Waals surface area contributed by atoms with Crippen molar-refractivity contribution in [3.05, 3.63) is 65.2 Å². The van der Waals surface area contributed by atoms with Crippen LogP contribution in [0.15, 0.2) is 48.5 Å². The predicted molar refractivity (Wildman–Crippen MR) is 137 cm³/mol. The second-order valence-corrected chi connectivity index (χ2v) is 11.6. The minimum atomic E-state index is -3.75. The molecule has 1 N–H and O–H groups in total. The summed E-state index contributed by atoms with van der Waals surface area (Å²) in [6.45, 7) is 11.1. The van der Waals surface area contributed by atoms with E-state index in [1.807, 2.05) is 65.0 Å². The molecular formula is C26H37N3O4S. The third kappa shape index (κ3) is 7.32. The zero-order valence-electron chi connectivity index (χ0n) is 21.3. The molecule has 0 aliphatic carbocycles. The summed E-state index contributed by atoms with van der Waals surface area (Å²) in [6, 6.07) is 14.0. The third-order valence-corrected chi connectivity index (χ3v) is 6.68. The fourth-order valence-electron chi connectivity index (χ4n) is 3.78. The second-order valence-electron chi connectivity index (χ2n) is 9.67. The molecule has 0 saturated heterocycles. The second kappa shape index (κ2) is 11.0. The number of aryl methyl sites for hydroxylation is 2. The van der Waals surface area contributed by atoms with Crippen LogP contribution in [0.5, 0.6) is 0 Å². The average molecular weight is 488 g/mol. The van der Waals surface area contributed by atoms with Gasteiger partial charge in [0.15, 0.2) is 0 Å². The Bertz CT molecular complexity index is 1120. The highest BCUT2D eigenvalue weighted by molar-refractivity contribution is 7.92. The molecule has 0 radical (unpaired) electrons. The van der Waals surface area contributed by atoms with Crippen molar-refractivity contribution in [3.63, 3.8) is 0 Å². The van der Waals surface area contributed by atoms with E-state index in [4.69, 9.17) is 0 Å². The number of sulfonamides is 1. The zero-order valence-corrected chi connectivity index (χ0v) is 22.1. The molecule has 186 valence electrons. The van der Waals surface area contributed by atoms with E-state index >= 15 is 0 Å². The van der Waals surface area contributed by atoms with Crippen molar-refractivity contribution >= 4 is 27.5 Å². The molecular weight excluding hydrogens is 450 g/mol. The molecule has 2 aromatic carbocycles. The van der Waals surface area contributed by atoms with E-state index in [-0.39, 0.29) is 12.5 Å². The van der Waals surface area contributed by atoms with Crippen molar-refractivity contribution in [3.8, 4) is 0 Å². The van der Waals surface area contributed by atoms with Crippen LogP contribution in [0.4, 0.5) is 5.69 Å². The van der Waals surface area contributed by atoms with E-state index in [1.54, 1.807) is 25.1 Å². The minimum absolute atomic E-state index is 0.201. The number of amides is 2. The summed E-state index contributed by atoms with van der Waals surface area (Å²) in [6.07, 6.45) is 1.48. The summed E-state index contributed by atoms with van der Waals surface area (Å²) >= 11 is 0. The van der Waals surface area contributed by atoms with Crippen LogP contribution in [0.25, 0.3) is 0 Å². The number of para-hydroxylation sites is 1. The van der Waals surface area contributed by atoms with E-state index in [9.17, 15) is 18.0 Å². The van der Waals surface area contributed by atoms with Crippen LogP contribution in [-0.2, 0) is 26.2 Å². The predicted octanol–water partition coefficient (Wildman–Crippen LogP) is 3.79. The molecule has 2 rings (SSSR count). The molecule has 0 spiro atoms. The molecule has 8 heteroatoms. The first-order chi connectivity index (χ1) is 15.7. The van der Waals surface area contributed by atoms with Gasteiger partial charge in [-0.3, -0.25) is 13.9 Å². The average Bonchev–Trinajstić information content (AvgIpc) is 2.71.